The van der Waals surface area contributed by atoms with Gasteiger partial charge in [0.2, 0.25) is 5.91 Å². The van der Waals surface area contributed by atoms with Crippen LogP contribution in [0.4, 0.5) is 0 Å². The topological polar surface area (TPSA) is 75.3 Å². The van der Waals surface area contributed by atoms with Gasteiger partial charge >= 0.3 is 0 Å². The zero-order chi connectivity index (χ0) is 8.69. The minimum absolute atomic E-state index is 0.140. The highest BCUT2D eigenvalue weighted by molar-refractivity contribution is 5.75. The average molecular weight is 160 g/mol. The summed E-state index contributed by atoms with van der Waals surface area (Å²) in [5, 5.41) is 11.9. The van der Waals surface area contributed by atoms with Crippen LogP contribution in [0.1, 0.15) is 19.8 Å². The van der Waals surface area contributed by atoms with Gasteiger partial charge in [0.05, 0.1) is 12.6 Å². The fourth-order valence-electron chi connectivity index (χ4n) is 0.797. The maximum absolute atomic E-state index is 10.2. The zero-order valence-electron chi connectivity index (χ0n) is 6.84. The molecule has 0 aromatic rings. The summed E-state index contributed by atoms with van der Waals surface area (Å²) < 4.78 is 0. The number of hydrogen-bond acceptors (Lipinski definition) is 3. The standard InChI is InChI=1S/C7H16N2O2/c1-2-3-6(10)4-9-5-7(8)11/h6,9-10H,2-5H2,1H3,(H2,8,11). The molecule has 0 aliphatic heterocycles. The van der Waals surface area contributed by atoms with E-state index in [1.165, 1.54) is 0 Å². The van der Waals surface area contributed by atoms with Gasteiger partial charge in [-0.25, -0.2) is 0 Å². The molecule has 0 rings (SSSR count). The Morgan fingerprint density at radius 2 is 2.36 bits per heavy atom. The first-order valence-corrected chi connectivity index (χ1v) is 3.84. The lowest BCUT2D eigenvalue weighted by atomic mass is 10.2. The maximum atomic E-state index is 10.2. The van der Waals surface area contributed by atoms with Crippen molar-refractivity contribution in [2.75, 3.05) is 13.1 Å². The van der Waals surface area contributed by atoms with E-state index in [1.807, 2.05) is 6.92 Å². The molecule has 11 heavy (non-hydrogen) atoms. The van der Waals surface area contributed by atoms with Crippen molar-refractivity contribution in [3.63, 3.8) is 0 Å². The molecule has 0 spiro atoms. The molecule has 0 aliphatic carbocycles. The molecule has 0 heterocycles. The fourth-order valence-corrected chi connectivity index (χ4v) is 0.797. The van der Waals surface area contributed by atoms with E-state index in [4.69, 9.17) is 10.8 Å². The molecule has 0 aromatic heterocycles. The number of amides is 1. The predicted molar refractivity (Wildman–Crippen MR) is 43.0 cm³/mol. The Kier molecular flexibility index (Phi) is 5.78. The van der Waals surface area contributed by atoms with Crippen molar-refractivity contribution in [2.24, 2.45) is 5.73 Å². The quantitative estimate of drug-likeness (QED) is 0.477. The molecule has 4 N–H and O–H groups in total. The van der Waals surface area contributed by atoms with Crippen molar-refractivity contribution in [2.45, 2.75) is 25.9 Å². The van der Waals surface area contributed by atoms with E-state index in [9.17, 15) is 4.79 Å². The summed E-state index contributed by atoms with van der Waals surface area (Å²) in [5.74, 6) is -0.395. The van der Waals surface area contributed by atoms with Gasteiger partial charge in [-0.15, -0.1) is 0 Å². The SMILES string of the molecule is CCCC(O)CNCC(N)=O. The molecule has 4 heteroatoms. The molecule has 0 saturated carbocycles. The van der Waals surface area contributed by atoms with Crippen molar-refractivity contribution in [1.29, 1.82) is 0 Å². The van der Waals surface area contributed by atoms with Crippen LogP contribution >= 0.6 is 0 Å². The Morgan fingerprint density at radius 1 is 1.73 bits per heavy atom. The minimum atomic E-state index is -0.395. The lowest BCUT2D eigenvalue weighted by Crippen LogP contribution is -2.34. The summed E-state index contributed by atoms with van der Waals surface area (Å²) in [7, 11) is 0. The summed E-state index contributed by atoms with van der Waals surface area (Å²) >= 11 is 0. The second-order valence-corrected chi connectivity index (χ2v) is 2.54. The van der Waals surface area contributed by atoms with Crippen LogP contribution in [-0.2, 0) is 4.79 Å². The number of carbonyl (C=O) groups is 1. The number of nitrogens with one attached hydrogen (secondary N) is 1. The van der Waals surface area contributed by atoms with Crippen LogP contribution in [0.15, 0.2) is 0 Å². The van der Waals surface area contributed by atoms with Crippen LogP contribution in [0.25, 0.3) is 0 Å². The van der Waals surface area contributed by atoms with Gasteiger partial charge < -0.3 is 16.2 Å². The third-order valence-electron chi connectivity index (χ3n) is 1.30. The highest BCUT2D eigenvalue weighted by atomic mass is 16.3. The molecule has 66 valence electrons. The van der Waals surface area contributed by atoms with Gasteiger partial charge in [0, 0.05) is 6.54 Å². The largest absolute Gasteiger partial charge is 0.392 e. The van der Waals surface area contributed by atoms with Gasteiger partial charge in [-0.3, -0.25) is 4.79 Å². The van der Waals surface area contributed by atoms with E-state index in [0.717, 1.165) is 12.8 Å². The van der Waals surface area contributed by atoms with E-state index in [0.29, 0.717) is 6.54 Å². The van der Waals surface area contributed by atoms with Crippen LogP contribution in [0, 0.1) is 0 Å². The first kappa shape index (κ1) is 10.4. The Balaban J connectivity index is 3.16. The maximum Gasteiger partial charge on any atom is 0.231 e. The van der Waals surface area contributed by atoms with Crippen LogP contribution in [0.5, 0.6) is 0 Å². The normalized spacial score (nSPS) is 12.9. The number of aliphatic hydroxyl groups excluding tert-OH is 1. The molecular weight excluding hydrogens is 144 g/mol. The number of aliphatic hydroxyl groups is 1. The Hall–Kier alpha value is -0.610. The molecule has 1 atom stereocenters. The average Bonchev–Trinajstić information content (AvgIpc) is 1.87. The fraction of sp³-hybridized carbons (Fsp3) is 0.857. The van der Waals surface area contributed by atoms with E-state index in [2.05, 4.69) is 5.32 Å². The Labute approximate surface area is 66.8 Å². The number of nitrogens with two attached hydrogens (primary N) is 1. The predicted octanol–water partition coefficient (Wildman–Crippen LogP) is -0.778. The molecule has 0 bridgehead atoms. The molecule has 0 saturated heterocycles. The second-order valence-electron chi connectivity index (χ2n) is 2.54. The smallest absolute Gasteiger partial charge is 0.231 e. The number of primary amides is 1. The van der Waals surface area contributed by atoms with Crippen LogP contribution in [0.2, 0.25) is 0 Å². The van der Waals surface area contributed by atoms with E-state index in [1.54, 1.807) is 0 Å². The van der Waals surface area contributed by atoms with Crippen molar-refractivity contribution in [3.05, 3.63) is 0 Å². The molecule has 0 fully saturated rings. The van der Waals surface area contributed by atoms with Gasteiger partial charge in [-0.2, -0.15) is 0 Å². The van der Waals surface area contributed by atoms with Crippen molar-refractivity contribution in [1.82, 2.24) is 5.32 Å². The molecule has 1 amide bonds. The number of rotatable bonds is 6. The Bertz CT molecular complexity index is 117. The summed E-state index contributed by atoms with van der Waals surface area (Å²) in [4.78, 5) is 10.2. The summed E-state index contributed by atoms with van der Waals surface area (Å²) in [6.45, 7) is 2.58. The minimum Gasteiger partial charge on any atom is -0.392 e. The molecule has 4 nitrogen and oxygen atoms in total. The van der Waals surface area contributed by atoms with Crippen molar-refractivity contribution < 1.29 is 9.90 Å². The van der Waals surface area contributed by atoms with Gasteiger partial charge in [0.25, 0.3) is 0 Å². The lowest BCUT2D eigenvalue weighted by Gasteiger charge is -2.08. The second kappa shape index (κ2) is 6.12. The number of carbonyl (C=O) groups excluding carboxylic acids is 1. The van der Waals surface area contributed by atoms with Gasteiger partial charge in [0.15, 0.2) is 0 Å². The van der Waals surface area contributed by atoms with Crippen LogP contribution in [0.3, 0.4) is 0 Å². The first-order chi connectivity index (χ1) is 5.16. The zero-order valence-corrected chi connectivity index (χ0v) is 6.84. The van der Waals surface area contributed by atoms with Gasteiger partial charge in [-0.05, 0) is 6.42 Å². The van der Waals surface area contributed by atoms with E-state index in [-0.39, 0.29) is 12.6 Å². The van der Waals surface area contributed by atoms with Gasteiger partial charge in [-0.1, -0.05) is 13.3 Å². The first-order valence-electron chi connectivity index (χ1n) is 3.84. The molecule has 1 unspecified atom stereocenters. The number of hydrogen-bond donors (Lipinski definition) is 3. The highest BCUT2D eigenvalue weighted by Gasteiger charge is 2.01. The summed E-state index contributed by atoms with van der Waals surface area (Å²) in [6, 6.07) is 0. The van der Waals surface area contributed by atoms with Crippen LogP contribution < -0.4 is 11.1 Å². The third kappa shape index (κ3) is 7.29. The third-order valence-corrected chi connectivity index (χ3v) is 1.30. The van der Waals surface area contributed by atoms with Crippen molar-refractivity contribution in [3.8, 4) is 0 Å². The van der Waals surface area contributed by atoms with Gasteiger partial charge in [0.1, 0.15) is 0 Å². The lowest BCUT2D eigenvalue weighted by molar-refractivity contribution is -0.117. The van der Waals surface area contributed by atoms with Crippen molar-refractivity contribution >= 4 is 5.91 Å². The molecule has 0 aliphatic rings. The summed E-state index contributed by atoms with van der Waals surface area (Å²) in [5.41, 5.74) is 4.87. The molecule has 0 aromatic carbocycles. The monoisotopic (exact) mass is 160 g/mol. The Morgan fingerprint density at radius 3 is 2.82 bits per heavy atom. The van der Waals surface area contributed by atoms with Crippen LogP contribution in [-0.4, -0.2) is 30.2 Å². The van der Waals surface area contributed by atoms with E-state index >= 15 is 0 Å². The molecule has 0 radical (unpaired) electrons. The summed E-state index contributed by atoms with van der Waals surface area (Å²) in [6.07, 6.45) is 1.34. The highest BCUT2D eigenvalue weighted by Crippen LogP contribution is 1.92. The van der Waals surface area contributed by atoms with E-state index < -0.39 is 5.91 Å². The molecular formula is C7H16N2O2.